The van der Waals surface area contributed by atoms with Crippen LogP contribution in [0.3, 0.4) is 0 Å². The molecule has 1 aromatic carbocycles. The average Bonchev–Trinajstić information content (AvgIpc) is 2.24. The Bertz CT molecular complexity index is 421. The van der Waals surface area contributed by atoms with E-state index in [0.717, 1.165) is 14.7 Å². The molecule has 0 aliphatic carbocycles. The van der Waals surface area contributed by atoms with E-state index in [-0.39, 0.29) is 6.42 Å². The smallest absolute Gasteiger partial charge is 0.323 e. The molecule has 0 aromatic heterocycles. The summed E-state index contributed by atoms with van der Waals surface area (Å²) in [5.41, 5.74) is 6.16. The van der Waals surface area contributed by atoms with E-state index in [4.69, 9.17) is 10.8 Å². The van der Waals surface area contributed by atoms with Crippen LogP contribution in [0.4, 0.5) is 4.39 Å². The number of carboxylic acid groups (broad SMARTS) is 1. The fourth-order valence-corrected chi connectivity index (χ4v) is 2.36. The Balaban J connectivity index is 2.99. The standard InChI is InChI=1S/C12H15FINO2/c1-12(15,11(16)17)7-9-4-2-3-8(5-6-13)10(9)14/h2-4H,5-7,15H2,1H3,(H,16,17)/t12-/m0/s1. The van der Waals surface area contributed by atoms with Gasteiger partial charge in [-0.1, -0.05) is 18.2 Å². The predicted molar refractivity (Wildman–Crippen MR) is 72.8 cm³/mol. The number of aryl methyl sites for hydroxylation is 1. The van der Waals surface area contributed by atoms with Crippen LogP contribution >= 0.6 is 22.6 Å². The minimum absolute atomic E-state index is 0.237. The van der Waals surface area contributed by atoms with Gasteiger partial charge in [0.15, 0.2) is 0 Å². The van der Waals surface area contributed by atoms with E-state index >= 15 is 0 Å². The lowest BCUT2D eigenvalue weighted by Gasteiger charge is -2.20. The van der Waals surface area contributed by atoms with Gasteiger partial charge >= 0.3 is 5.97 Å². The molecule has 5 heteroatoms. The highest BCUT2D eigenvalue weighted by atomic mass is 127. The molecule has 1 aromatic rings. The van der Waals surface area contributed by atoms with Crippen LogP contribution in [0.1, 0.15) is 18.1 Å². The van der Waals surface area contributed by atoms with Gasteiger partial charge in [0, 0.05) is 16.4 Å². The fourth-order valence-electron chi connectivity index (χ4n) is 1.54. The molecule has 0 fully saturated rings. The summed E-state index contributed by atoms with van der Waals surface area (Å²) >= 11 is 2.11. The second-order valence-corrected chi connectivity index (χ2v) is 5.31. The second-order valence-electron chi connectivity index (χ2n) is 4.23. The first-order valence-electron chi connectivity index (χ1n) is 5.23. The summed E-state index contributed by atoms with van der Waals surface area (Å²) in [6.07, 6.45) is 0.585. The van der Waals surface area contributed by atoms with Crippen molar-refractivity contribution in [2.45, 2.75) is 25.3 Å². The highest BCUT2D eigenvalue weighted by Crippen LogP contribution is 2.22. The number of carboxylic acids is 1. The number of aliphatic carboxylic acids is 1. The topological polar surface area (TPSA) is 63.3 Å². The van der Waals surface area contributed by atoms with E-state index in [1.165, 1.54) is 6.92 Å². The lowest BCUT2D eigenvalue weighted by atomic mass is 9.93. The van der Waals surface area contributed by atoms with Crippen molar-refractivity contribution >= 4 is 28.6 Å². The van der Waals surface area contributed by atoms with E-state index in [2.05, 4.69) is 22.6 Å². The lowest BCUT2D eigenvalue weighted by molar-refractivity contribution is -0.142. The first kappa shape index (κ1) is 14.4. The molecule has 0 unspecified atom stereocenters. The highest BCUT2D eigenvalue weighted by Gasteiger charge is 2.29. The van der Waals surface area contributed by atoms with Crippen LogP contribution in [-0.4, -0.2) is 23.3 Å². The number of nitrogens with two attached hydrogens (primary N) is 1. The monoisotopic (exact) mass is 351 g/mol. The Morgan fingerprint density at radius 1 is 1.53 bits per heavy atom. The molecule has 3 N–H and O–H groups in total. The number of carbonyl (C=O) groups is 1. The van der Waals surface area contributed by atoms with Gasteiger partial charge in [-0.25, -0.2) is 0 Å². The van der Waals surface area contributed by atoms with E-state index < -0.39 is 18.2 Å². The summed E-state index contributed by atoms with van der Waals surface area (Å²) in [5.74, 6) is -1.04. The number of hydrogen-bond donors (Lipinski definition) is 2. The Morgan fingerprint density at radius 2 is 2.12 bits per heavy atom. The largest absolute Gasteiger partial charge is 0.480 e. The molecule has 0 saturated carbocycles. The zero-order valence-electron chi connectivity index (χ0n) is 9.54. The minimum atomic E-state index is -1.30. The Kier molecular flexibility index (Phi) is 4.88. The molecule has 0 bridgehead atoms. The fraction of sp³-hybridized carbons (Fsp3) is 0.417. The summed E-state index contributed by atoms with van der Waals surface area (Å²) in [5, 5.41) is 8.98. The van der Waals surface area contributed by atoms with Crippen LogP contribution in [-0.2, 0) is 17.6 Å². The Morgan fingerprint density at radius 3 is 2.65 bits per heavy atom. The molecule has 0 aliphatic heterocycles. The molecule has 94 valence electrons. The molecule has 1 atom stereocenters. The third kappa shape index (κ3) is 3.64. The van der Waals surface area contributed by atoms with Gasteiger partial charge in [-0.3, -0.25) is 9.18 Å². The van der Waals surface area contributed by atoms with Gasteiger partial charge in [0.1, 0.15) is 5.54 Å². The number of rotatable bonds is 5. The first-order chi connectivity index (χ1) is 7.88. The van der Waals surface area contributed by atoms with Gasteiger partial charge in [0.05, 0.1) is 6.67 Å². The molecule has 0 radical (unpaired) electrons. The predicted octanol–water partition coefficient (Wildman–Crippen LogP) is 2.15. The van der Waals surface area contributed by atoms with Crippen LogP contribution < -0.4 is 5.73 Å². The summed E-state index contributed by atoms with van der Waals surface area (Å²) in [7, 11) is 0. The summed E-state index contributed by atoms with van der Waals surface area (Å²) in [6, 6.07) is 5.48. The molecule has 0 amide bonds. The van der Waals surface area contributed by atoms with Crippen molar-refractivity contribution in [1.82, 2.24) is 0 Å². The zero-order chi connectivity index (χ0) is 13.1. The van der Waals surface area contributed by atoms with Crippen LogP contribution in [0.25, 0.3) is 0 Å². The normalized spacial score (nSPS) is 14.4. The van der Waals surface area contributed by atoms with Crippen molar-refractivity contribution in [3.8, 4) is 0 Å². The van der Waals surface area contributed by atoms with E-state index in [1.807, 2.05) is 12.1 Å². The Labute approximate surface area is 113 Å². The first-order valence-corrected chi connectivity index (χ1v) is 6.31. The van der Waals surface area contributed by atoms with E-state index in [0.29, 0.717) is 6.42 Å². The average molecular weight is 351 g/mol. The third-order valence-electron chi connectivity index (χ3n) is 2.57. The Hall–Kier alpha value is -0.690. The van der Waals surface area contributed by atoms with Crippen molar-refractivity contribution < 1.29 is 14.3 Å². The van der Waals surface area contributed by atoms with Gasteiger partial charge < -0.3 is 10.8 Å². The summed E-state index contributed by atoms with van der Waals surface area (Å²) in [4.78, 5) is 11.0. The molecule has 1 rings (SSSR count). The van der Waals surface area contributed by atoms with Gasteiger partial charge in [-0.2, -0.15) is 0 Å². The summed E-state index contributed by atoms with van der Waals surface area (Å²) in [6.45, 7) is 1.06. The number of benzene rings is 1. The molecule has 0 saturated heterocycles. The van der Waals surface area contributed by atoms with Crippen molar-refractivity contribution in [3.63, 3.8) is 0 Å². The SMILES string of the molecule is C[C@](N)(Cc1cccc(CCF)c1I)C(=O)O. The molecule has 17 heavy (non-hydrogen) atoms. The van der Waals surface area contributed by atoms with Crippen LogP contribution in [0, 0.1) is 3.57 Å². The zero-order valence-corrected chi connectivity index (χ0v) is 11.7. The molecular formula is C12H15FINO2. The number of hydrogen-bond acceptors (Lipinski definition) is 2. The van der Waals surface area contributed by atoms with Gasteiger partial charge in [0.25, 0.3) is 0 Å². The van der Waals surface area contributed by atoms with Crippen molar-refractivity contribution in [3.05, 3.63) is 32.9 Å². The quantitative estimate of drug-likeness (QED) is 0.799. The molecule has 0 heterocycles. The maximum atomic E-state index is 12.3. The molecule has 3 nitrogen and oxygen atoms in total. The highest BCUT2D eigenvalue weighted by molar-refractivity contribution is 14.1. The third-order valence-corrected chi connectivity index (χ3v) is 3.95. The van der Waals surface area contributed by atoms with Crippen molar-refractivity contribution in [1.29, 1.82) is 0 Å². The molecular weight excluding hydrogens is 336 g/mol. The van der Waals surface area contributed by atoms with E-state index in [1.54, 1.807) is 6.07 Å². The number of halogens is 2. The van der Waals surface area contributed by atoms with E-state index in [9.17, 15) is 9.18 Å². The second kappa shape index (κ2) is 5.77. The maximum Gasteiger partial charge on any atom is 0.323 e. The molecule has 0 spiro atoms. The lowest BCUT2D eigenvalue weighted by Crippen LogP contribution is -2.47. The van der Waals surface area contributed by atoms with Gasteiger partial charge in [-0.15, -0.1) is 0 Å². The van der Waals surface area contributed by atoms with Crippen LogP contribution in [0.15, 0.2) is 18.2 Å². The van der Waals surface area contributed by atoms with Crippen molar-refractivity contribution in [2.75, 3.05) is 6.67 Å². The summed E-state index contributed by atoms with van der Waals surface area (Å²) < 4.78 is 13.2. The minimum Gasteiger partial charge on any atom is -0.480 e. The van der Waals surface area contributed by atoms with Crippen molar-refractivity contribution in [2.24, 2.45) is 5.73 Å². The van der Waals surface area contributed by atoms with Gasteiger partial charge in [0.2, 0.25) is 0 Å². The van der Waals surface area contributed by atoms with Gasteiger partial charge in [-0.05, 0) is 40.6 Å². The van der Waals surface area contributed by atoms with Crippen LogP contribution in [0.2, 0.25) is 0 Å². The maximum absolute atomic E-state index is 12.3. The molecule has 0 aliphatic rings. The van der Waals surface area contributed by atoms with Crippen LogP contribution in [0.5, 0.6) is 0 Å². The number of alkyl halides is 1.